The highest BCUT2D eigenvalue weighted by Crippen LogP contribution is 2.27. The fourth-order valence-corrected chi connectivity index (χ4v) is 2.81. The third-order valence-corrected chi connectivity index (χ3v) is 4.25. The smallest absolute Gasteiger partial charge is 0.258 e. The summed E-state index contributed by atoms with van der Waals surface area (Å²) < 4.78 is 13.7. The maximum Gasteiger partial charge on any atom is 0.258 e. The molecular weight excluding hydrogens is 307 g/mol. The second-order valence-corrected chi connectivity index (χ2v) is 6.00. The van der Waals surface area contributed by atoms with Crippen LogP contribution in [-0.2, 0) is 0 Å². The molecule has 5 nitrogen and oxygen atoms in total. The molecule has 126 valence electrons. The van der Waals surface area contributed by atoms with Crippen molar-refractivity contribution in [2.24, 2.45) is 0 Å². The number of hydrogen-bond acceptors (Lipinski definition) is 4. The van der Waals surface area contributed by atoms with Crippen LogP contribution in [0.1, 0.15) is 10.4 Å². The van der Waals surface area contributed by atoms with Gasteiger partial charge in [-0.2, -0.15) is 0 Å². The van der Waals surface area contributed by atoms with Gasteiger partial charge < -0.3 is 20.9 Å². The molecule has 24 heavy (non-hydrogen) atoms. The van der Waals surface area contributed by atoms with Gasteiger partial charge in [-0.05, 0) is 37.4 Å². The molecule has 2 aromatic carbocycles. The first kappa shape index (κ1) is 16.3. The molecular formula is C18H21FN4O. The van der Waals surface area contributed by atoms with Crippen LogP contribution in [0.25, 0.3) is 0 Å². The van der Waals surface area contributed by atoms with Crippen LogP contribution in [0.3, 0.4) is 0 Å². The minimum atomic E-state index is -0.544. The molecule has 0 aromatic heterocycles. The summed E-state index contributed by atoms with van der Waals surface area (Å²) in [5.74, 6) is -1.03. The Kier molecular flexibility index (Phi) is 4.66. The van der Waals surface area contributed by atoms with E-state index in [1.54, 1.807) is 24.3 Å². The SMILES string of the molecule is CN1CCN(c2ccc(NC(=O)c3ccccc3F)cc2N)CC1. The van der Waals surface area contributed by atoms with Gasteiger partial charge in [0.1, 0.15) is 5.82 Å². The highest BCUT2D eigenvalue weighted by molar-refractivity contribution is 6.04. The van der Waals surface area contributed by atoms with Crippen molar-refractivity contribution < 1.29 is 9.18 Å². The molecule has 1 heterocycles. The molecule has 6 heteroatoms. The average molecular weight is 328 g/mol. The van der Waals surface area contributed by atoms with Gasteiger partial charge in [0.05, 0.1) is 16.9 Å². The van der Waals surface area contributed by atoms with Crippen molar-refractivity contribution in [3.63, 3.8) is 0 Å². The normalized spacial score (nSPS) is 15.3. The molecule has 1 aliphatic heterocycles. The molecule has 1 aliphatic rings. The Balaban J connectivity index is 1.73. The zero-order valence-electron chi connectivity index (χ0n) is 13.6. The molecule has 0 atom stereocenters. The lowest BCUT2D eigenvalue weighted by molar-refractivity contribution is 0.102. The van der Waals surface area contributed by atoms with Crippen molar-refractivity contribution in [1.29, 1.82) is 0 Å². The molecule has 0 aliphatic carbocycles. The van der Waals surface area contributed by atoms with Crippen LogP contribution in [0.2, 0.25) is 0 Å². The van der Waals surface area contributed by atoms with E-state index in [9.17, 15) is 9.18 Å². The molecule has 2 aromatic rings. The molecule has 3 rings (SSSR count). The third kappa shape index (κ3) is 3.49. The molecule has 0 bridgehead atoms. The van der Waals surface area contributed by atoms with Crippen LogP contribution in [0, 0.1) is 5.82 Å². The Labute approximate surface area is 140 Å². The van der Waals surface area contributed by atoms with E-state index < -0.39 is 11.7 Å². The number of nitrogens with one attached hydrogen (secondary N) is 1. The Morgan fingerprint density at radius 2 is 1.83 bits per heavy atom. The minimum Gasteiger partial charge on any atom is -0.397 e. The summed E-state index contributed by atoms with van der Waals surface area (Å²) in [4.78, 5) is 16.7. The quantitative estimate of drug-likeness (QED) is 0.850. The fraction of sp³-hybridized carbons (Fsp3) is 0.278. The summed E-state index contributed by atoms with van der Waals surface area (Å²) in [6.07, 6.45) is 0. The summed E-state index contributed by atoms with van der Waals surface area (Å²) in [6, 6.07) is 11.3. The van der Waals surface area contributed by atoms with Crippen molar-refractivity contribution in [2.45, 2.75) is 0 Å². The van der Waals surface area contributed by atoms with Gasteiger partial charge in [0.25, 0.3) is 5.91 Å². The number of anilines is 3. The number of carbonyl (C=O) groups is 1. The lowest BCUT2D eigenvalue weighted by Crippen LogP contribution is -2.44. The maximum atomic E-state index is 13.7. The average Bonchev–Trinajstić information content (AvgIpc) is 2.56. The van der Waals surface area contributed by atoms with Gasteiger partial charge in [0.15, 0.2) is 0 Å². The Morgan fingerprint density at radius 1 is 1.12 bits per heavy atom. The van der Waals surface area contributed by atoms with Gasteiger partial charge in [-0.15, -0.1) is 0 Å². The van der Waals surface area contributed by atoms with Crippen molar-refractivity contribution in [3.05, 3.63) is 53.8 Å². The van der Waals surface area contributed by atoms with E-state index in [1.165, 1.54) is 12.1 Å². The standard InChI is InChI=1S/C18H21FN4O/c1-22-8-10-23(11-9-22)17-7-6-13(12-16(17)20)21-18(24)14-4-2-3-5-15(14)19/h2-7,12H,8-11,20H2,1H3,(H,21,24). The lowest BCUT2D eigenvalue weighted by Gasteiger charge is -2.34. The van der Waals surface area contributed by atoms with E-state index in [0.29, 0.717) is 11.4 Å². The predicted octanol–water partition coefficient (Wildman–Crippen LogP) is 2.41. The highest BCUT2D eigenvalue weighted by atomic mass is 19.1. The Morgan fingerprint density at radius 3 is 2.50 bits per heavy atom. The second kappa shape index (κ2) is 6.88. The van der Waals surface area contributed by atoms with Gasteiger partial charge in [-0.1, -0.05) is 12.1 Å². The second-order valence-electron chi connectivity index (χ2n) is 6.00. The van der Waals surface area contributed by atoms with Gasteiger partial charge in [0, 0.05) is 31.9 Å². The van der Waals surface area contributed by atoms with E-state index in [2.05, 4.69) is 22.2 Å². The molecule has 1 saturated heterocycles. The molecule has 3 N–H and O–H groups in total. The number of nitrogen functional groups attached to an aromatic ring is 1. The summed E-state index contributed by atoms with van der Waals surface area (Å²) in [5, 5.41) is 2.69. The first-order chi connectivity index (χ1) is 11.5. The van der Waals surface area contributed by atoms with Crippen molar-refractivity contribution >= 4 is 23.0 Å². The number of nitrogens with zero attached hydrogens (tertiary/aromatic N) is 2. The van der Waals surface area contributed by atoms with Gasteiger partial charge in [0.2, 0.25) is 0 Å². The van der Waals surface area contributed by atoms with Crippen LogP contribution >= 0.6 is 0 Å². The molecule has 0 saturated carbocycles. The van der Waals surface area contributed by atoms with Crippen molar-refractivity contribution in [2.75, 3.05) is 49.2 Å². The number of carbonyl (C=O) groups excluding carboxylic acids is 1. The fourth-order valence-electron chi connectivity index (χ4n) is 2.81. The summed E-state index contributed by atoms with van der Waals surface area (Å²) >= 11 is 0. The third-order valence-electron chi connectivity index (χ3n) is 4.25. The molecule has 1 fully saturated rings. The van der Waals surface area contributed by atoms with Crippen LogP contribution in [-0.4, -0.2) is 44.0 Å². The zero-order chi connectivity index (χ0) is 17.1. The van der Waals surface area contributed by atoms with E-state index in [-0.39, 0.29) is 5.56 Å². The first-order valence-corrected chi connectivity index (χ1v) is 7.93. The zero-order valence-corrected chi connectivity index (χ0v) is 13.6. The summed E-state index contributed by atoms with van der Waals surface area (Å²) in [7, 11) is 2.10. The van der Waals surface area contributed by atoms with Crippen LogP contribution in [0.5, 0.6) is 0 Å². The molecule has 1 amide bonds. The van der Waals surface area contributed by atoms with Gasteiger partial charge >= 0.3 is 0 Å². The van der Waals surface area contributed by atoms with Crippen LogP contribution in [0.4, 0.5) is 21.5 Å². The van der Waals surface area contributed by atoms with E-state index in [0.717, 1.165) is 31.9 Å². The number of hydrogen-bond donors (Lipinski definition) is 2. The lowest BCUT2D eigenvalue weighted by atomic mass is 10.1. The monoisotopic (exact) mass is 328 g/mol. The number of rotatable bonds is 3. The van der Waals surface area contributed by atoms with Crippen molar-refractivity contribution in [1.82, 2.24) is 4.90 Å². The number of likely N-dealkylation sites (N-methyl/N-ethyl adjacent to an activating group) is 1. The largest absolute Gasteiger partial charge is 0.397 e. The number of piperazine rings is 1. The van der Waals surface area contributed by atoms with Crippen molar-refractivity contribution in [3.8, 4) is 0 Å². The van der Waals surface area contributed by atoms with E-state index >= 15 is 0 Å². The number of amides is 1. The number of benzene rings is 2. The predicted molar refractivity (Wildman–Crippen MR) is 94.9 cm³/mol. The number of halogens is 1. The highest BCUT2D eigenvalue weighted by Gasteiger charge is 2.17. The van der Waals surface area contributed by atoms with E-state index in [4.69, 9.17) is 5.73 Å². The topological polar surface area (TPSA) is 61.6 Å². The minimum absolute atomic E-state index is 0.0132. The Bertz CT molecular complexity index is 742. The first-order valence-electron chi connectivity index (χ1n) is 7.93. The molecule has 0 spiro atoms. The van der Waals surface area contributed by atoms with E-state index in [1.807, 2.05) is 6.07 Å². The van der Waals surface area contributed by atoms with Crippen LogP contribution < -0.4 is 16.0 Å². The van der Waals surface area contributed by atoms with Gasteiger partial charge in [-0.3, -0.25) is 4.79 Å². The Hall–Kier alpha value is -2.60. The molecule has 0 unspecified atom stereocenters. The molecule has 0 radical (unpaired) electrons. The summed E-state index contributed by atoms with van der Waals surface area (Å²) in [5.41, 5.74) is 8.29. The maximum absolute atomic E-state index is 13.7. The number of nitrogens with two attached hydrogens (primary N) is 1. The van der Waals surface area contributed by atoms with Crippen LogP contribution in [0.15, 0.2) is 42.5 Å². The van der Waals surface area contributed by atoms with Gasteiger partial charge in [-0.25, -0.2) is 4.39 Å². The summed E-state index contributed by atoms with van der Waals surface area (Å²) in [6.45, 7) is 3.82.